The van der Waals surface area contributed by atoms with Crippen molar-refractivity contribution in [2.45, 2.75) is 19.9 Å². The molecule has 1 aromatic carbocycles. The zero-order valence-electron chi connectivity index (χ0n) is 9.90. The molecule has 5 heteroatoms. The van der Waals surface area contributed by atoms with Gasteiger partial charge in [-0.05, 0) is 32.0 Å². The van der Waals surface area contributed by atoms with E-state index in [0.717, 1.165) is 5.56 Å². The summed E-state index contributed by atoms with van der Waals surface area (Å²) in [6.07, 6.45) is 0. The minimum absolute atomic E-state index is 0.130. The van der Waals surface area contributed by atoms with E-state index in [4.69, 9.17) is 26.8 Å². The maximum Gasteiger partial charge on any atom is 0.344 e. The first-order valence-corrected chi connectivity index (χ1v) is 5.75. The second-order valence-corrected chi connectivity index (χ2v) is 4.00. The number of halogens is 1. The second-order valence-electron chi connectivity index (χ2n) is 3.56. The Bertz CT molecular complexity index is 393. The lowest BCUT2D eigenvalue weighted by atomic mass is 10.1. The highest BCUT2D eigenvalue weighted by Gasteiger charge is 2.11. The third-order valence-electron chi connectivity index (χ3n) is 2.11. The highest BCUT2D eigenvalue weighted by atomic mass is 35.5. The van der Waals surface area contributed by atoms with Crippen LogP contribution in [-0.2, 0) is 9.53 Å². The molecular formula is C12H16ClNO3. The zero-order chi connectivity index (χ0) is 12.8. The molecule has 94 valence electrons. The number of carbonyl (C=O) groups excluding carboxylic acids is 1. The molecule has 4 nitrogen and oxygen atoms in total. The van der Waals surface area contributed by atoms with E-state index >= 15 is 0 Å². The lowest BCUT2D eigenvalue weighted by molar-refractivity contribution is -0.145. The smallest absolute Gasteiger partial charge is 0.344 e. The fourth-order valence-corrected chi connectivity index (χ4v) is 1.53. The standard InChI is InChI=1S/C12H16ClNO3/c1-3-16-12(15)7-17-11-5-4-9(13)6-10(11)8(2)14/h4-6,8H,3,7,14H2,1-2H3/t8-/m1/s1. The van der Waals surface area contributed by atoms with Crippen LogP contribution in [0.5, 0.6) is 5.75 Å². The van der Waals surface area contributed by atoms with Crippen molar-refractivity contribution in [2.24, 2.45) is 5.73 Å². The number of hydrogen-bond acceptors (Lipinski definition) is 4. The molecule has 1 rings (SSSR count). The molecule has 17 heavy (non-hydrogen) atoms. The quantitative estimate of drug-likeness (QED) is 0.823. The fourth-order valence-electron chi connectivity index (χ4n) is 1.35. The van der Waals surface area contributed by atoms with Gasteiger partial charge >= 0.3 is 5.97 Å². The minimum Gasteiger partial charge on any atom is -0.482 e. The van der Waals surface area contributed by atoms with Crippen LogP contribution in [0.15, 0.2) is 18.2 Å². The van der Waals surface area contributed by atoms with Gasteiger partial charge in [0.1, 0.15) is 5.75 Å². The van der Waals surface area contributed by atoms with E-state index in [0.29, 0.717) is 17.4 Å². The number of hydrogen-bond donors (Lipinski definition) is 1. The van der Waals surface area contributed by atoms with Gasteiger partial charge in [0.05, 0.1) is 6.61 Å². The van der Waals surface area contributed by atoms with Crippen LogP contribution in [0.4, 0.5) is 0 Å². The van der Waals surface area contributed by atoms with Gasteiger partial charge in [-0.2, -0.15) is 0 Å². The highest BCUT2D eigenvalue weighted by Crippen LogP contribution is 2.27. The van der Waals surface area contributed by atoms with E-state index in [2.05, 4.69) is 0 Å². The van der Waals surface area contributed by atoms with E-state index in [9.17, 15) is 4.79 Å². The molecule has 0 heterocycles. The van der Waals surface area contributed by atoms with Gasteiger partial charge in [0.25, 0.3) is 0 Å². The van der Waals surface area contributed by atoms with Crippen molar-refractivity contribution >= 4 is 17.6 Å². The van der Waals surface area contributed by atoms with Crippen molar-refractivity contribution in [3.05, 3.63) is 28.8 Å². The normalized spacial score (nSPS) is 12.0. The van der Waals surface area contributed by atoms with E-state index in [1.807, 2.05) is 6.92 Å². The molecule has 0 spiro atoms. The summed E-state index contributed by atoms with van der Waals surface area (Å²) in [5.74, 6) is 0.149. The molecule has 0 aliphatic rings. The van der Waals surface area contributed by atoms with Gasteiger partial charge in [-0.3, -0.25) is 0 Å². The van der Waals surface area contributed by atoms with E-state index < -0.39 is 5.97 Å². The van der Waals surface area contributed by atoms with Gasteiger partial charge in [-0.1, -0.05) is 11.6 Å². The molecule has 0 aliphatic carbocycles. The first-order chi connectivity index (χ1) is 8.04. The molecule has 0 saturated heterocycles. The van der Waals surface area contributed by atoms with Crippen LogP contribution in [0.2, 0.25) is 5.02 Å². The van der Waals surface area contributed by atoms with Gasteiger partial charge in [0, 0.05) is 16.6 Å². The Kier molecular flexibility index (Phi) is 5.25. The Morgan fingerprint density at radius 3 is 2.82 bits per heavy atom. The largest absolute Gasteiger partial charge is 0.482 e. The molecule has 0 aliphatic heterocycles. The predicted molar refractivity (Wildman–Crippen MR) is 66.2 cm³/mol. The van der Waals surface area contributed by atoms with Crippen molar-refractivity contribution in [3.63, 3.8) is 0 Å². The molecule has 1 aromatic rings. The molecular weight excluding hydrogens is 242 g/mol. The number of carbonyl (C=O) groups is 1. The summed E-state index contributed by atoms with van der Waals surface area (Å²) < 4.78 is 10.1. The minimum atomic E-state index is -0.405. The third kappa shape index (κ3) is 4.24. The number of benzene rings is 1. The van der Waals surface area contributed by atoms with Crippen molar-refractivity contribution < 1.29 is 14.3 Å². The first kappa shape index (κ1) is 13.8. The average Bonchev–Trinajstić information content (AvgIpc) is 2.27. The van der Waals surface area contributed by atoms with Crippen LogP contribution in [0.1, 0.15) is 25.5 Å². The monoisotopic (exact) mass is 257 g/mol. The molecule has 0 fully saturated rings. The van der Waals surface area contributed by atoms with E-state index in [-0.39, 0.29) is 12.6 Å². The summed E-state index contributed by atoms with van der Waals surface area (Å²) in [5, 5.41) is 0.584. The molecule has 0 saturated carbocycles. The molecule has 0 radical (unpaired) electrons. The summed E-state index contributed by atoms with van der Waals surface area (Å²) >= 11 is 5.87. The number of ether oxygens (including phenoxy) is 2. The van der Waals surface area contributed by atoms with Crippen LogP contribution < -0.4 is 10.5 Å². The van der Waals surface area contributed by atoms with E-state index in [1.165, 1.54) is 0 Å². The molecule has 2 N–H and O–H groups in total. The predicted octanol–water partition coefficient (Wildman–Crippen LogP) is 2.30. The van der Waals surface area contributed by atoms with Crippen LogP contribution in [0.25, 0.3) is 0 Å². The van der Waals surface area contributed by atoms with Crippen LogP contribution in [0.3, 0.4) is 0 Å². The molecule has 1 atom stereocenters. The average molecular weight is 258 g/mol. The highest BCUT2D eigenvalue weighted by molar-refractivity contribution is 6.30. The van der Waals surface area contributed by atoms with Crippen LogP contribution >= 0.6 is 11.6 Å². The summed E-state index contributed by atoms with van der Waals surface area (Å²) in [6, 6.07) is 4.90. The van der Waals surface area contributed by atoms with Crippen LogP contribution in [-0.4, -0.2) is 19.2 Å². The summed E-state index contributed by atoms with van der Waals surface area (Å²) in [7, 11) is 0. The number of esters is 1. The molecule has 0 aromatic heterocycles. The molecule has 0 amide bonds. The summed E-state index contributed by atoms with van der Waals surface area (Å²) in [4.78, 5) is 11.2. The Hall–Kier alpha value is -1.26. The Morgan fingerprint density at radius 1 is 1.53 bits per heavy atom. The Balaban J connectivity index is 2.73. The lowest BCUT2D eigenvalue weighted by Gasteiger charge is -2.13. The van der Waals surface area contributed by atoms with E-state index in [1.54, 1.807) is 25.1 Å². The van der Waals surface area contributed by atoms with Crippen molar-refractivity contribution in [1.29, 1.82) is 0 Å². The Labute approximate surface area is 106 Å². The van der Waals surface area contributed by atoms with Crippen LogP contribution in [0, 0.1) is 0 Å². The van der Waals surface area contributed by atoms with Crippen molar-refractivity contribution in [3.8, 4) is 5.75 Å². The molecule has 0 bridgehead atoms. The van der Waals surface area contributed by atoms with Gasteiger partial charge in [-0.25, -0.2) is 4.79 Å². The second kappa shape index (κ2) is 6.47. The fraction of sp³-hybridized carbons (Fsp3) is 0.417. The number of nitrogens with two attached hydrogens (primary N) is 1. The maximum absolute atomic E-state index is 11.2. The van der Waals surface area contributed by atoms with Gasteiger partial charge < -0.3 is 15.2 Å². The summed E-state index contributed by atoms with van der Waals surface area (Å²) in [6.45, 7) is 3.77. The first-order valence-electron chi connectivity index (χ1n) is 5.38. The third-order valence-corrected chi connectivity index (χ3v) is 2.35. The summed E-state index contributed by atoms with van der Waals surface area (Å²) in [5.41, 5.74) is 6.56. The molecule has 0 unspecified atom stereocenters. The zero-order valence-corrected chi connectivity index (χ0v) is 10.7. The SMILES string of the molecule is CCOC(=O)COc1ccc(Cl)cc1[C@@H](C)N. The van der Waals surface area contributed by atoms with Gasteiger partial charge in [0.15, 0.2) is 6.61 Å². The topological polar surface area (TPSA) is 61.5 Å². The Morgan fingerprint density at radius 2 is 2.24 bits per heavy atom. The maximum atomic E-state index is 11.2. The number of rotatable bonds is 5. The van der Waals surface area contributed by atoms with Gasteiger partial charge in [-0.15, -0.1) is 0 Å². The van der Waals surface area contributed by atoms with Crippen molar-refractivity contribution in [2.75, 3.05) is 13.2 Å². The lowest BCUT2D eigenvalue weighted by Crippen LogP contribution is -2.16. The van der Waals surface area contributed by atoms with Gasteiger partial charge in [0.2, 0.25) is 0 Å². The van der Waals surface area contributed by atoms with Crippen molar-refractivity contribution in [1.82, 2.24) is 0 Å².